The number of hydrogen-bond acceptors (Lipinski definition) is 3. The second kappa shape index (κ2) is 9.90. The Balaban J connectivity index is 0.00000312. The van der Waals surface area contributed by atoms with Gasteiger partial charge in [-0.1, -0.05) is 112 Å². The number of rotatable bonds is 2. The molecule has 0 radical (unpaired) electrons. The van der Waals surface area contributed by atoms with Gasteiger partial charge in [0.05, 0.1) is 11.3 Å². The number of benzene rings is 4. The Morgan fingerprint density at radius 2 is 1.07 bits per heavy atom. The van der Waals surface area contributed by atoms with Crippen LogP contribution in [0.4, 0.5) is 0 Å². The third kappa shape index (κ3) is 4.40. The molecule has 0 aliphatic rings. The van der Waals surface area contributed by atoms with Crippen molar-refractivity contribution in [3.8, 4) is 11.5 Å². The Morgan fingerprint density at radius 1 is 0.568 bits per heavy atom. The molecule has 0 saturated heterocycles. The van der Waals surface area contributed by atoms with Gasteiger partial charge in [-0.05, 0) is 44.9 Å². The van der Waals surface area contributed by atoms with Crippen molar-refractivity contribution in [3.63, 3.8) is 0 Å². The van der Waals surface area contributed by atoms with Gasteiger partial charge in [0.1, 0.15) is 0 Å². The van der Waals surface area contributed by atoms with E-state index in [2.05, 4.69) is 111 Å². The molecule has 0 amide bonds. The summed E-state index contributed by atoms with van der Waals surface area (Å²) in [5.41, 5.74) is 6.67. The van der Waals surface area contributed by atoms with Crippen LogP contribution < -0.4 is 4.74 Å². The minimum atomic E-state index is 0. The number of aromatic nitrogens is 4. The summed E-state index contributed by atoms with van der Waals surface area (Å²) < 4.78 is 10.7. The summed E-state index contributed by atoms with van der Waals surface area (Å²) >= 11 is 0. The van der Waals surface area contributed by atoms with Gasteiger partial charge >= 0.3 is 21.1 Å². The third-order valence-corrected chi connectivity index (χ3v) is 8.61. The standard InChI is InChI=1S/C38H32N4O.Pt/c1-37(2,3)23-8-14-33-30(19-23)28-13-10-26(22-32(28)35-39-15-17-41(33)35)43-25-9-12-27-29-11-7-24(38(4,5)6)20-34(29)42-18-16-40-36(42)31(27)21-25;/h7-20H,1-6H3;/q-2;+2. The van der Waals surface area contributed by atoms with Crippen molar-refractivity contribution in [2.24, 2.45) is 0 Å². The molecule has 6 heteroatoms. The van der Waals surface area contributed by atoms with E-state index in [4.69, 9.17) is 14.7 Å². The smallest absolute Gasteiger partial charge is 0.497 e. The van der Waals surface area contributed by atoms with Gasteiger partial charge < -0.3 is 13.5 Å². The SMILES string of the molecule is CC(C)(C)c1ccc2c(c1)c1ccc(Oc3[c-]c4c(cc3)c3ccc(C(C)(C)C)cc3n3ccnc43)[c-]c1c1nccn21.[Pt+2]. The van der Waals surface area contributed by atoms with Crippen molar-refractivity contribution < 1.29 is 25.8 Å². The van der Waals surface area contributed by atoms with Crippen molar-refractivity contribution in [1.82, 2.24) is 18.8 Å². The Bertz CT molecular complexity index is 2400. The van der Waals surface area contributed by atoms with E-state index in [1.54, 1.807) is 0 Å². The minimum absolute atomic E-state index is 0. The maximum atomic E-state index is 6.43. The molecule has 4 heterocycles. The molecule has 0 saturated carbocycles. The molecule has 0 N–H and O–H groups in total. The van der Waals surface area contributed by atoms with E-state index < -0.39 is 0 Å². The maximum absolute atomic E-state index is 6.43. The molecular formula is C38H32N4OPt. The van der Waals surface area contributed by atoms with Gasteiger partial charge in [0.25, 0.3) is 0 Å². The molecule has 0 unspecified atom stereocenters. The summed E-state index contributed by atoms with van der Waals surface area (Å²) in [5, 5.41) is 6.40. The fraction of sp³-hybridized carbons (Fsp3) is 0.211. The molecule has 44 heavy (non-hydrogen) atoms. The number of fused-ring (bicyclic) bond motifs is 12. The second-order valence-corrected chi connectivity index (χ2v) is 13.5. The van der Waals surface area contributed by atoms with Gasteiger partial charge in [-0.15, -0.1) is 12.1 Å². The van der Waals surface area contributed by atoms with Crippen molar-refractivity contribution in [1.29, 1.82) is 0 Å². The fourth-order valence-corrected chi connectivity index (χ4v) is 6.21. The molecule has 4 aromatic carbocycles. The number of nitrogens with zero attached hydrogens (tertiary/aromatic N) is 4. The summed E-state index contributed by atoms with van der Waals surface area (Å²) in [5.74, 6) is 1.24. The summed E-state index contributed by atoms with van der Waals surface area (Å²) in [4.78, 5) is 9.41. The molecule has 0 bridgehead atoms. The van der Waals surface area contributed by atoms with Crippen molar-refractivity contribution in [2.75, 3.05) is 0 Å². The Labute approximate surface area is 270 Å². The van der Waals surface area contributed by atoms with Crippen LogP contribution in [0.2, 0.25) is 0 Å². The zero-order valence-corrected chi connectivity index (χ0v) is 27.9. The number of imidazole rings is 2. The first-order chi connectivity index (χ1) is 20.6. The molecule has 8 aromatic rings. The van der Waals surface area contributed by atoms with Crippen LogP contribution in [0, 0.1) is 12.1 Å². The van der Waals surface area contributed by atoms with Gasteiger partial charge in [0.15, 0.2) is 0 Å². The van der Waals surface area contributed by atoms with Crippen molar-refractivity contribution >= 4 is 54.6 Å². The number of hydrogen-bond donors (Lipinski definition) is 0. The van der Waals surface area contributed by atoms with Gasteiger partial charge in [-0.2, -0.15) is 0 Å². The summed E-state index contributed by atoms with van der Waals surface area (Å²) in [6.07, 6.45) is 7.72. The molecule has 0 fully saturated rings. The molecule has 4 aromatic heterocycles. The van der Waals surface area contributed by atoms with E-state index in [0.29, 0.717) is 11.5 Å². The zero-order chi connectivity index (χ0) is 29.7. The predicted octanol–water partition coefficient (Wildman–Crippen LogP) is 9.58. The van der Waals surface area contributed by atoms with E-state index in [0.717, 1.165) is 49.3 Å². The molecule has 0 aliphatic heterocycles. The zero-order valence-electron chi connectivity index (χ0n) is 25.6. The second-order valence-electron chi connectivity index (χ2n) is 13.5. The predicted molar refractivity (Wildman–Crippen MR) is 176 cm³/mol. The summed E-state index contributed by atoms with van der Waals surface area (Å²) in [6.45, 7) is 13.5. The molecule has 0 spiro atoms. The van der Waals surface area contributed by atoms with Gasteiger partial charge in [0.2, 0.25) is 0 Å². The van der Waals surface area contributed by atoms with Crippen LogP contribution in [-0.2, 0) is 31.9 Å². The monoisotopic (exact) mass is 755 g/mol. The number of pyridine rings is 2. The van der Waals surface area contributed by atoms with Crippen LogP contribution in [0.25, 0.3) is 54.6 Å². The van der Waals surface area contributed by atoms with Crippen LogP contribution in [-0.4, -0.2) is 18.8 Å². The van der Waals surface area contributed by atoms with Crippen LogP contribution in [0.15, 0.2) is 85.5 Å². The Kier molecular flexibility index (Phi) is 6.43. The van der Waals surface area contributed by atoms with Crippen molar-refractivity contribution in [3.05, 3.63) is 109 Å². The van der Waals surface area contributed by atoms with Crippen LogP contribution in [0.1, 0.15) is 52.7 Å². The Hall–Kier alpha value is -4.21. The van der Waals surface area contributed by atoms with E-state index >= 15 is 0 Å². The molecule has 220 valence electrons. The Morgan fingerprint density at radius 3 is 1.66 bits per heavy atom. The van der Waals surface area contributed by atoms with E-state index in [-0.39, 0.29) is 31.9 Å². The van der Waals surface area contributed by atoms with Gasteiger partial charge in [0, 0.05) is 47.3 Å². The topological polar surface area (TPSA) is 43.8 Å². The first kappa shape index (κ1) is 28.6. The number of ether oxygens (including phenoxy) is 1. The van der Waals surface area contributed by atoms with Crippen LogP contribution >= 0.6 is 0 Å². The van der Waals surface area contributed by atoms with Crippen LogP contribution in [0.3, 0.4) is 0 Å². The minimum Gasteiger partial charge on any atom is -0.497 e. The first-order valence-corrected chi connectivity index (χ1v) is 14.7. The van der Waals surface area contributed by atoms with Crippen molar-refractivity contribution in [2.45, 2.75) is 52.4 Å². The maximum Gasteiger partial charge on any atom is 2.00 e. The molecule has 5 nitrogen and oxygen atoms in total. The molecule has 0 atom stereocenters. The van der Waals surface area contributed by atoms with Gasteiger partial charge in [-0.25, -0.2) is 0 Å². The molecule has 0 aliphatic carbocycles. The van der Waals surface area contributed by atoms with E-state index in [9.17, 15) is 0 Å². The molecular weight excluding hydrogens is 724 g/mol. The molecule has 8 rings (SSSR count). The van der Waals surface area contributed by atoms with Crippen LogP contribution in [0.5, 0.6) is 11.5 Å². The summed E-state index contributed by atoms with van der Waals surface area (Å²) in [6, 6.07) is 28.7. The average molecular weight is 756 g/mol. The summed E-state index contributed by atoms with van der Waals surface area (Å²) in [7, 11) is 0. The average Bonchev–Trinajstić information content (AvgIpc) is 3.67. The van der Waals surface area contributed by atoms with Gasteiger partial charge in [-0.3, -0.25) is 9.97 Å². The van der Waals surface area contributed by atoms with E-state index in [1.165, 1.54) is 16.5 Å². The largest absolute Gasteiger partial charge is 2.00 e. The normalized spacial score (nSPS) is 12.6. The first-order valence-electron chi connectivity index (χ1n) is 14.7. The van der Waals surface area contributed by atoms with E-state index in [1.807, 2.05) is 36.9 Å². The third-order valence-electron chi connectivity index (χ3n) is 8.61. The quantitative estimate of drug-likeness (QED) is 0.131. The fourth-order valence-electron chi connectivity index (χ4n) is 6.21.